The molecule has 24 heavy (non-hydrogen) atoms. The van der Waals surface area contributed by atoms with Gasteiger partial charge in [-0.25, -0.2) is 4.39 Å². The minimum atomic E-state index is -0.468. The minimum Gasteiger partial charge on any atom is -0.323 e. The smallest absolute Gasteiger partial charge is 0.269 e. The lowest BCUT2D eigenvalue weighted by molar-refractivity contribution is -0.116. The van der Waals surface area contributed by atoms with Gasteiger partial charge in [0.05, 0.1) is 30.8 Å². The van der Waals surface area contributed by atoms with E-state index in [9.17, 15) is 14.0 Å². The van der Waals surface area contributed by atoms with Crippen LogP contribution in [-0.4, -0.2) is 9.86 Å². The molecular formula is C15H8Cl3FN2O2S. The van der Waals surface area contributed by atoms with Crippen LogP contribution in [-0.2, 0) is 11.3 Å². The first kappa shape index (κ1) is 17.2. The number of amides is 1. The molecule has 0 saturated heterocycles. The number of rotatable bonds is 3. The molecule has 0 aliphatic rings. The highest BCUT2D eigenvalue weighted by atomic mass is 35.5. The molecule has 3 rings (SSSR count). The zero-order valence-electron chi connectivity index (χ0n) is 11.8. The van der Waals surface area contributed by atoms with E-state index in [4.69, 9.17) is 34.8 Å². The van der Waals surface area contributed by atoms with Gasteiger partial charge in [0.25, 0.3) is 5.56 Å². The van der Waals surface area contributed by atoms with Crippen LogP contribution in [0.4, 0.5) is 10.1 Å². The van der Waals surface area contributed by atoms with E-state index in [1.165, 1.54) is 34.3 Å². The first-order chi connectivity index (χ1) is 11.3. The van der Waals surface area contributed by atoms with Crippen molar-refractivity contribution in [2.75, 3.05) is 5.32 Å². The first-order valence-electron chi connectivity index (χ1n) is 6.59. The Morgan fingerprint density at radius 1 is 1.12 bits per heavy atom. The van der Waals surface area contributed by atoms with Crippen LogP contribution >= 0.6 is 46.3 Å². The summed E-state index contributed by atoms with van der Waals surface area (Å²) in [6, 6.07) is 6.69. The van der Waals surface area contributed by atoms with E-state index in [0.717, 1.165) is 11.5 Å². The largest absolute Gasteiger partial charge is 0.323 e. The molecule has 2 aromatic carbocycles. The fourth-order valence-electron chi connectivity index (χ4n) is 2.09. The van der Waals surface area contributed by atoms with Gasteiger partial charge in [0.2, 0.25) is 5.91 Å². The Labute approximate surface area is 154 Å². The van der Waals surface area contributed by atoms with Crippen LogP contribution in [0.15, 0.2) is 35.1 Å². The zero-order chi connectivity index (χ0) is 17.4. The van der Waals surface area contributed by atoms with Gasteiger partial charge in [-0.2, -0.15) is 0 Å². The number of carbonyl (C=O) groups is 1. The summed E-state index contributed by atoms with van der Waals surface area (Å²) in [7, 11) is 0. The number of nitrogens with one attached hydrogen (secondary N) is 1. The lowest BCUT2D eigenvalue weighted by Crippen LogP contribution is -2.23. The van der Waals surface area contributed by atoms with Gasteiger partial charge in [-0.1, -0.05) is 46.3 Å². The number of benzene rings is 2. The molecule has 0 aliphatic heterocycles. The summed E-state index contributed by atoms with van der Waals surface area (Å²) in [6.07, 6.45) is 0. The molecule has 0 bridgehead atoms. The van der Waals surface area contributed by atoms with Gasteiger partial charge in [-0.15, -0.1) is 0 Å². The van der Waals surface area contributed by atoms with Crippen molar-refractivity contribution >= 4 is 68.0 Å². The van der Waals surface area contributed by atoms with E-state index >= 15 is 0 Å². The fraction of sp³-hybridized carbons (Fsp3) is 0.0667. The summed E-state index contributed by atoms with van der Waals surface area (Å²) in [5, 5.41) is 3.66. The van der Waals surface area contributed by atoms with E-state index in [-0.39, 0.29) is 32.9 Å². The van der Waals surface area contributed by atoms with E-state index < -0.39 is 11.7 Å². The van der Waals surface area contributed by atoms with E-state index in [0.29, 0.717) is 10.1 Å². The number of hydrogen-bond acceptors (Lipinski definition) is 3. The van der Waals surface area contributed by atoms with Crippen LogP contribution in [0.25, 0.3) is 10.1 Å². The molecule has 0 atom stereocenters. The van der Waals surface area contributed by atoms with Crippen LogP contribution < -0.4 is 10.9 Å². The van der Waals surface area contributed by atoms with Crippen molar-refractivity contribution in [3.63, 3.8) is 0 Å². The highest BCUT2D eigenvalue weighted by Crippen LogP contribution is 2.32. The average molecular weight is 406 g/mol. The molecule has 9 heteroatoms. The molecule has 0 radical (unpaired) electrons. The predicted molar refractivity (Wildman–Crippen MR) is 96.1 cm³/mol. The predicted octanol–water partition coefficient (Wildman–Crippen LogP) is 4.80. The second-order valence-corrected chi connectivity index (χ2v) is 7.15. The van der Waals surface area contributed by atoms with Crippen molar-refractivity contribution < 1.29 is 9.18 Å². The van der Waals surface area contributed by atoms with Gasteiger partial charge in [-0.05, 0) is 30.3 Å². The quantitative estimate of drug-likeness (QED) is 0.636. The highest BCUT2D eigenvalue weighted by molar-refractivity contribution is 7.13. The van der Waals surface area contributed by atoms with Crippen molar-refractivity contribution in [1.82, 2.24) is 3.96 Å². The molecule has 0 aliphatic carbocycles. The van der Waals surface area contributed by atoms with E-state index in [1.54, 1.807) is 0 Å². The number of anilines is 1. The van der Waals surface area contributed by atoms with Gasteiger partial charge in [0.1, 0.15) is 12.4 Å². The van der Waals surface area contributed by atoms with Crippen molar-refractivity contribution in [3.05, 3.63) is 61.6 Å². The summed E-state index contributed by atoms with van der Waals surface area (Å²) in [5.41, 5.74) is -0.0679. The normalized spacial score (nSPS) is 11.0. The lowest BCUT2D eigenvalue weighted by Gasteiger charge is -2.08. The number of fused-ring (bicyclic) bond motifs is 1. The van der Waals surface area contributed by atoms with Crippen LogP contribution in [0.5, 0.6) is 0 Å². The Balaban J connectivity index is 1.84. The molecule has 0 spiro atoms. The van der Waals surface area contributed by atoms with Gasteiger partial charge in [0.15, 0.2) is 0 Å². The van der Waals surface area contributed by atoms with Crippen LogP contribution in [0.2, 0.25) is 15.1 Å². The summed E-state index contributed by atoms with van der Waals surface area (Å²) in [4.78, 5) is 24.4. The van der Waals surface area contributed by atoms with Gasteiger partial charge in [0, 0.05) is 0 Å². The molecule has 3 aromatic rings. The average Bonchev–Trinajstić information content (AvgIpc) is 2.80. The maximum absolute atomic E-state index is 13.2. The van der Waals surface area contributed by atoms with Crippen LogP contribution in [0.1, 0.15) is 0 Å². The highest BCUT2D eigenvalue weighted by Gasteiger charge is 2.14. The third kappa shape index (κ3) is 3.42. The molecule has 1 N–H and O–H groups in total. The number of aromatic nitrogens is 1. The van der Waals surface area contributed by atoms with Gasteiger partial charge < -0.3 is 5.32 Å². The van der Waals surface area contributed by atoms with Crippen molar-refractivity contribution in [3.8, 4) is 0 Å². The Bertz CT molecular complexity index is 1020. The second kappa shape index (κ2) is 6.72. The number of nitrogens with zero attached hydrogens (tertiary/aromatic N) is 1. The first-order valence-corrected chi connectivity index (χ1v) is 8.49. The maximum Gasteiger partial charge on any atom is 0.269 e. The number of hydrogen-bond donors (Lipinski definition) is 1. The summed E-state index contributed by atoms with van der Waals surface area (Å²) < 4.78 is 14.9. The van der Waals surface area contributed by atoms with Crippen LogP contribution in [0, 0.1) is 5.82 Å². The van der Waals surface area contributed by atoms with E-state index in [1.807, 2.05) is 0 Å². The Kier molecular flexibility index (Phi) is 4.83. The van der Waals surface area contributed by atoms with Crippen LogP contribution in [0.3, 0.4) is 0 Å². The molecule has 0 saturated carbocycles. The van der Waals surface area contributed by atoms with E-state index in [2.05, 4.69) is 5.32 Å². The lowest BCUT2D eigenvalue weighted by atomic mass is 10.3. The summed E-state index contributed by atoms with van der Waals surface area (Å²) in [6.45, 7) is -0.226. The Hall–Kier alpha value is -1.60. The molecule has 4 nitrogen and oxygen atoms in total. The third-order valence-electron chi connectivity index (χ3n) is 3.18. The Morgan fingerprint density at radius 2 is 1.83 bits per heavy atom. The Morgan fingerprint density at radius 3 is 2.58 bits per heavy atom. The number of carbonyl (C=O) groups excluding carboxylic acids is 1. The number of halogens is 4. The SMILES string of the molecule is O=C(Cn1sc2cc(F)ccc2c1=O)Nc1cc(Cl)c(Cl)cc1Cl. The van der Waals surface area contributed by atoms with Gasteiger partial charge in [-0.3, -0.25) is 13.5 Å². The molecular weight excluding hydrogens is 398 g/mol. The minimum absolute atomic E-state index is 0.225. The summed E-state index contributed by atoms with van der Waals surface area (Å²) in [5.74, 6) is -0.910. The molecule has 1 amide bonds. The third-order valence-corrected chi connectivity index (χ3v) is 5.27. The standard InChI is InChI=1S/C15H8Cl3FN2O2S/c16-9-4-11(18)12(5-10(9)17)20-14(22)6-21-15(23)8-2-1-7(19)3-13(8)24-21/h1-5H,6H2,(H,20,22). The molecule has 124 valence electrons. The fourth-order valence-corrected chi connectivity index (χ4v) is 3.70. The van der Waals surface area contributed by atoms with Crippen molar-refractivity contribution in [2.45, 2.75) is 6.54 Å². The molecule has 0 unspecified atom stereocenters. The van der Waals surface area contributed by atoms with Crippen molar-refractivity contribution in [1.29, 1.82) is 0 Å². The summed E-state index contributed by atoms with van der Waals surface area (Å²) >= 11 is 18.7. The maximum atomic E-state index is 13.2. The topological polar surface area (TPSA) is 51.1 Å². The molecule has 1 aromatic heterocycles. The second-order valence-electron chi connectivity index (χ2n) is 4.87. The zero-order valence-corrected chi connectivity index (χ0v) is 14.9. The molecule has 0 fully saturated rings. The molecule has 1 heterocycles. The monoisotopic (exact) mass is 404 g/mol. The van der Waals surface area contributed by atoms with Gasteiger partial charge >= 0.3 is 0 Å². The van der Waals surface area contributed by atoms with Crippen molar-refractivity contribution in [2.24, 2.45) is 0 Å².